The molecule has 0 spiro atoms. The van der Waals surface area contributed by atoms with Crippen LogP contribution < -0.4 is 0 Å². The van der Waals surface area contributed by atoms with Gasteiger partial charge in [0.25, 0.3) is 5.91 Å². The summed E-state index contributed by atoms with van der Waals surface area (Å²) in [5.74, 6) is -0.0185. The lowest BCUT2D eigenvalue weighted by Gasteiger charge is -2.30. The molecule has 0 fully saturated rings. The van der Waals surface area contributed by atoms with Gasteiger partial charge in [0, 0.05) is 12.1 Å². The van der Waals surface area contributed by atoms with Gasteiger partial charge in [0.1, 0.15) is 0 Å². The van der Waals surface area contributed by atoms with Crippen LogP contribution in [0.1, 0.15) is 48.5 Å². The molecule has 0 aliphatic rings. The molecule has 0 radical (unpaired) electrons. The minimum absolute atomic E-state index is 0.0185. The maximum atomic E-state index is 12.2. The lowest BCUT2D eigenvalue weighted by Crippen LogP contribution is -2.42. The molecule has 1 atom stereocenters. The Morgan fingerprint density at radius 1 is 1.06 bits per heavy atom. The zero-order chi connectivity index (χ0) is 13.7. The van der Waals surface area contributed by atoms with Crippen molar-refractivity contribution in [2.24, 2.45) is 0 Å². The zero-order valence-corrected chi connectivity index (χ0v) is 12.0. The topological polar surface area (TPSA) is 40.5 Å². The van der Waals surface area contributed by atoms with Gasteiger partial charge < -0.3 is 10.0 Å². The molecule has 0 heterocycles. The van der Waals surface area contributed by atoms with Crippen LogP contribution in [0.25, 0.3) is 0 Å². The van der Waals surface area contributed by atoms with Crippen molar-refractivity contribution in [2.75, 3.05) is 0 Å². The maximum absolute atomic E-state index is 12.2. The molecule has 0 rings (SSSR count). The van der Waals surface area contributed by atoms with Gasteiger partial charge in [0.05, 0.1) is 11.7 Å². The van der Waals surface area contributed by atoms with E-state index in [9.17, 15) is 9.90 Å². The number of amides is 1. The highest BCUT2D eigenvalue weighted by Gasteiger charge is 2.21. The number of rotatable bonds is 4. The molecule has 1 amide bonds. The van der Waals surface area contributed by atoms with Crippen molar-refractivity contribution in [3.05, 3.63) is 16.9 Å². The predicted molar refractivity (Wildman–Crippen MR) is 70.7 cm³/mol. The van der Waals surface area contributed by atoms with Crippen LogP contribution in [0.3, 0.4) is 0 Å². The Balaban J connectivity index is 5.23. The molecule has 0 saturated carbocycles. The van der Waals surface area contributed by atoms with Crippen LogP contribution in [0.5, 0.6) is 0 Å². The summed E-state index contributed by atoms with van der Waals surface area (Å²) in [5, 5.41) is 9.37. The zero-order valence-electron chi connectivity index (χ0n) is 12.0. The van der Waals surface area contributed by atoms with Crippen molar-refractivity contribution >= 4 is 5.91 Å². The minimum Gasteiger partial charge on any atom is -0.388 e. The van der Waals surface area contributed by atoms with E-state index in [1.165, 1.54) is 0 Å². The monoisotopic (exact) mass is 239 g/mol. The van der Waals surface area contributed by atoms with Gasteiger partial charge in [-0.2, -0.15) is 0 Å². The fraction of sp³-hybridized carbons (Fsp3) is 0.714. The van der Waals surface area contributed by atoms with Crippen molar-refractivity contribution in [3.8, 4) is 0 Å². The summed E-state index contributed by atoms with van der Waals surface area (Å²) in [6.45, 7) is 13.2. The van der Waals surface area contributed by atoms with Crippen LogP contribution in [0.15, 0.2) is 16.9 Å². The second kappa shape index (κ2) is 6.63. The molecule has 0 aromatic rings. The summed E-state index contributed by atoms with van der Waals surface area (Å²) >= 11 is 0. The highest BCUT2D eigenvalue weighted by atomic mass is 16.3. The third-order valence-corrected chi connectivity index (χ3v) is 2.68. The van der Waals surface area contributed by atoms with E-state index >= 15 is 0 Å². The Hall–Kier alpha value is -1.05. The van der Waals surface area contributed by atoms with E-state index in [1.807, 2.05) is 32.6 Å². The molecule has 98 valence electrons. The van der Waals surface area contributed by atoms with Crippen molar-refractivity contribution in [1.29, 1.82) is 0 Å². The molecule has 1 unspecified atom stereocenters. The van der Waals surface area contributed by atoms with Crippen molar-refractivity contribution in [2.45, 2.75) is 66.7 Å². The van der Waals surface area contributed by atoms with E-state index in [2.05, 4.69) is 5.73 Å². The summed E-state index contributed by atoms with van der Waals surface area (Å²) in [5.41, 5.74) is 4.19. The third kappa shape index (κ3) is 4.76. The molecular weight excluding hydrogens is 214 g/mol. The summed E-state index contributed by atoms with van der Waals surface area (Å²) in [7, 11) is 0. The minimum atomic E-state index is -0.565. The van der Waals surface area contributed by atoms with E-state index in [-0.39, 0.29) is 18.0 Å². The molecule has 17 heavy (non-hydrogen) atoms. The fourth-order valence-electron chi connectivity index (χ4n) is 1.71. The fourth-order valence-corrected chi connectivity index (χ4v) is 1.71. The Kier molecular flexibility index (Phi) is 6.22. The Morgan fingerprint density at radius 3 is 1.76 bits per heavy atom. The molecule has 0 aliphatic carbocycles. The van der Waals surface area contributed by atoms with E-state index in [4.69, 9.17) is 0 Å². The van der Waals surface area contributed by atoms with Gasteiger partial charge in [-0.3, -0.25) is 4.79 Å². The molecule has 0 aromatic carbocycles. The largest absolute Gasteiger partial charge is 0.388 e. The van der Waals surface area contributed by atoms with Gasteiger partial charge in [0.2, 0.25) is 0 Å². The third-order valence-electron chi connectivity index (χ3n) is 2.68. The van der Waals surface area contributed by atoms with Gasteiger partial charge in [0.15, 0.2) is 0 Å². The number of nitrogens with zero attached hydrogens (tertiary/aromatic N) is 1. The molecule has 0 bridgehead atoms. The molecule has 3 heteroatoms. The summed E-state index contributed by atoms with van der Waals surface area (Å²) in [6, 6.07) is 0.317. The molecule has 0 saturated heterocycles. The smallest absolute Gasteiger partial charge is 0.257 e. The lowest BCUT2D eigenvalue weighted by atomic mass is 10.1. The second-order valence-electron chi connectivity index (χ2n) is 5.01. The molecule has 1 N–H and O–H groups in total. The first kappa shape index (κ1) is 16.0. The summed E-state index contributed by atoms with van der Waals surface area (Å²) in [4.78, 5) is 14.0. The van der Waals surface area contributed by atoms with E-state index in [0.717, 1.165) is 0 Å². The number of carbonyl (C=O) groups excluding carboxylic acids is 1. The quantitative estimate of drug-likeness (QED) is 0.605. The Morgan fingerprint density at radius 2 is 1.47 bits per heavy atom. The SMILES string of the molecule is CC(=C=C(C)C(C)O)C(=O)N(C(C)C)C(C)C. The highest BCUT2D eigenvalue weighted by molar-refractivity contribution is 5.93. The van der Waals surface area contributed by atoms with E-state index in [1.54, 1.807) is 20.8 Å². The normalized spacial score (nSPS) is 12.4. The van der Waals surface area contributed by atoms with Crippen molar-refractivity contribution in [1.82, 2.24) is 4.90 Å². The van der Waals surface area contributed by atoms with Crippen LogP contribution in [-0.2, 0) is 4.79 Å². The molecule has 3 nitrogen and oxygen atoms in total. The van der Waals surface area contributed by atoms with Crippen LogP contribution in [0, 0.1) is 0 Å². The molecule has 0 aliphatic heterocycles. The Labute approximate surface area is 105 Å². The average Bonchev–Trinajstić information content (AvgIpc) is 2.15. The first-order valence-corrected chi connectivity index (χ1v) is 6.13. The van der Waals surface area contributed by atoms with E-state index in [0.29, 0.717) is 11.1 Å². The maximum Gasteiger partial charge on any atom is 0.257 e. The van der Waals surface area contributed by atoms with Gasteiger partial charge in [-0.1, -0.05) is 0 Å². The second-order valence-corrected chi connectivity index (χ2v) is 5.01. The van der Waals surface area contributed by atoms with Crippen LogP contribution in [-0.4, -0.2) is 34.1 Å². The first-order chi connectivity index (χ1) is 7.68. The predicted octanol–water partition coefficient (Wildman–Crippen LogP) is 2.50. The average molecular weight is 239 g/mol. The van der Waals surface area contributed by atoms with Gasteiger partial charge in [-0.15, -0.1) is 5.73 Å². The van der Waals surface area contributed by atoms with Gasteiger partial charge >= 0.3 is 0 Å². The van der Waals surface area contributed by atoms with Crippen molar-refractivity contribution in [3.63, 3.8) is 0 Å². The Bertz CT molecular complexity index is 326. The lowest BCUT2D eigenvalue weighted by molar-refractivity contribution is -0.130. The van der Waals surface area contributed by atoms with E-state index < -0.39 is 6.10 Å². The van der Waals surface area contributed by atoms with Gasteiger partial charge in [-0.25, -0.2) is 0 Å². The molecular formula is C14H25NO2. The number of aliphatic hydroxyl groups is 1. The number of hydrogen-bond donors (Lipinski definition) is 1. The van der Waals surface area contributed by atoms with Crippen LogP contribution in [0.2, 0.25) is 0 Å². The first-order valence-electron chi connectivity index (χ1n) is 6.13. The van der Waals surface area contributed by atoms with Gasteiger partial charge in [-0.05, 0) is 54.0 Å². The summed E-state index contributed by atoms with van der Waals surface area (Å²) in [6.07, 6.45) is -0.565. The summed E-state index contributed by atoms with van der Waals surface area (Å²) < 4.78 is 0. The van der Waals surface area contributed by atoms with Crippen LogP contribution in [0.4, 0.5) is 0 Å². The van der Waals surface area contributed by atoms with Crippen molar-refractivity contribution < 1.29 is 9.90 Å². The highest BCUT2D eigenvalue weighted by Crippen LogP contribution is 2.11. The number of hydrogen-bond acceptors (Lipinski definition) is 2. The number of carbonyl (C=O) groups is 1. The molecule has 0 aromatic heterocycles. The van der Waals surface area contributed by atoms with Crippen LogP contribution >= 0.6 is 0 Å². The number of aliphatic hydroxyl groups excluding tert-OH is 1. The standard InChI is InChI=1S/C14H25NO2/c1-9(2)15(10(3)4)14(17)12(6)8-11(5)13(7)16/h9-10,13,16H,1-7H3.